The van der Waals surface area contributed by atoms with Crippen LogP contribution in [-0.4, -0.2) is 35.5 Å². The van der Waals surface area contributed by atoms with Gasteiger partial charge in [0.05, 0.1) is 11.6 Å². The monoisotopic (exact) mass is 412 g/mol. The van der Waals surface area contributed by atoms with E-state index in [0.29, 0.717) is 6.54 Å². The SMILES string of the molecule is Cc1ccc2c(c1)CCCN2C(=O)C1CCCN(c2cc(-c3ccccc3)ncn2)C1. The van der Waals surface area contributed by atoms with Gasteiger partial charge in [0.15, 0.2) is 0 Å². The summed E-state index contributed by atoms with van der Waals surface area (Å²) < 4.78 is 0. The smallest absolute Gasteiger partial charge is 0.231 e. The first-order valence-electron chi connectivity index (χ1n) is 11.2. The van der Waals surface area contributed by atoms with Crippen LogP contribution < -0.4 is 9.80 Å². The van der Waals surface area contributed by atoms with E-state index in [-0.39, 0.29) is 11.8 Å². The van der Waals surface area contributed by atoms with Gasteiger partial charge in [0.25, 0.3) is 0 Å². The van der Waals surface area contributed by atoms with E-state index in [0.717, 1.165) is 61.5 Å². The van der Waals surface area contributed by atoms with E-state index in [1.165, 1.54) is 11.1 Å². The average Bonchev–Trinajstić information content (AvgIpc) is 2.84. The molecule has 1 unspecified atom stereocenters. The Bertz CT molecular complexity index is 1080. The van der Waals surface area contributed by atoms with Crippen molar-refractivity contribution < 1.29 is 4.79 Å². The Morgan fingerprint density at radius 3 is 2.74 bits per heavy atom. The molecule has 5 rings (SSSR count). The Labute approximate surface area is 183 Å². The molecule has 0 radical (unpaired) electrons. The molecular weight excluding hydrogens is 384 g/mol. The summed E-state index contributed by atoms with van der Waals surface area (Å²) in [5.41, 5.74) is 5.66. The summed E-state index contributed by atoms with van der Waals surface area (Å²) >= 11 is 0. The molecule has 0 bridgehead atoms. The molecule has 1 atom stereocenters. The molecule has 1 amide bonds. The normalized spacial score (nSPS) is 18.5. The number of carbonyl (C=O) groups excluding carboxylic acids is 1. The van der Waals surface area contributed by atoms with Crippen LogP contribution >= 0.6 is 0 Å². The summed E-state index contributed by atoms with van der Waals surface area (Å²) in [6.07, 6.45) is 5.65. The summed E-state index contributed by atoms with van der Waals surface area (Å²) in [4.78, 5) is 26.8. The van der Waals surface area contributed by atoms with Crippen LogP contribution in [0.3, 0.4) is 0 Å². The lowest BCUT2D eigenvalue weighted by Gasteiger charge is -2.37. The summed E-state index contributed by atoms with van der Waals surface area (Å²) in [7, 11) is 0. The summed E-state index contributed by atoms with van der Waals surface area (Å²) in [5, 5.41) is 0. The minimum absolute atomic E-state index is 0.00357. The third kappa shape index (κ3) is 4.05. The van der Waals surface area contributed by atoms with E-state index in [1.54, 1.807) is 6.33 Å². The number of fused-ring (bicyclic) bond motifs is 1. The van der Waals surface area contributed by atoms with E-state index in [4.69, 9.17) is 0 Å². The van der Waals surface area contributed by atoms with Gasteiger partial charge in [-0.05, 0) is 44.2 Å². The van der Waals surface area contributed by atoms with E-state index in [2.05, 4.69) is 52.1 Å². The summed E-state index contributed by atoms with van der Waals surface area (Å²) in [6, 6.07) is 18.7. The first kappa shape index (κ1) is 19.7. The first-order valence-corrected chi connectivity index (χ1v) is 11.2. The number of carbonyl (C=O) groups is 1. The van der Waals surface area contributed by atoms with Crippen LogP contribution in [0.1, 0.15) is 30.4 Å². The van der Waals surface area contributed by atoms with Gasteiger partial charge < -0.3 is 9.80 Å². The zero-order valence-electron chi connectivity index (χ0n) is 18.0. The number of amides is 1. The number of aryl methyl sites for hydroxylation is 2. The van der Waals surface area contributed by atoms with Crippen molar-refractivity contribution in [3.8, 4) is 11.3 Å². The second-order valence-electron chi connectivity index (χ2n) is 8.64. The van der Waals surface area contributed by atoms with Gasteiger partial charge in [-0.15, -0.1) is 0 Å². The molecule has 3 aromatic rings. The minimum Gasteiger partial charge on any atom is -0.356 e. The van der Waals surface area contributed by atoms with Crippen molar-refractivity contribution in [1.29, 1.82) is 0 Å². The fourth-order valence-corrected chi connectivity index (χ4v) is 4.85. The Hall–Kier alpha value is -3.21. The van der Waals surface area contributed by atoms with E-state index < -0.39 is 0 Å². The van der Waals surface area contributed by atoms with Crippen molar-refractivity contribution in [1.82, 2.24) is 9.97 Å². The highest BCUT2D eigenvalue weighted by Gasteiger charge is 2.32. The molecule has 0 saturated carbocycles. The van der Waals surface area contributed by atoms with Crippen molar-refractivity contribution in [2.75, 3.05) is 29.4 Å². The number of anilines is 2. The zero-order chi connectivity index (χ0) is 21.2. The molecule has 1 saturated heterocycles. The number of rotatable bonds is 3. The van der Waals surface area contributed by atoms with Crippen LogP contribution in [-0.2, 0) is 11.2 Å². The van der Waals surface area contributed by atoms with Crippen molar-refractivity contribution in [2.24, 2.45) is 5.92 Å². The molecule has 5 heteroatoms. The molecule has 2 aromatic carbocycles. The van der Waals surface area contributed by atoms with Gasteiger partial charge in [-0.25, -0.2) is 9.97 Å². The molecule has 3 heterocycles. The Kier molecular flexibility index (Phi) is 5.41. The first-order chi connectivity index (χ1) is 15.2. The predicted molar refractivity (Wildman–Crippen MR) is 124 cm³/mol. The van der Waals surface area contributed by atoms with Gasteiger partial charge in [-0.1, -0.05) is 48.0 Å². The van der Waals surface area contributed by atoms with Crippen LogP contribution in [0.15, 0.2) is 60.9 Å². The molecule has 2 aliphatic heterocycles. The molecule has 0 N–H and O–H groups in total. The molecule has 31 heavy (non-hydrogen) atoms. The maximum atomic E-state index is 13.5. The Morgan fingerprint density at radius 1 is 1.00 bits per heavy atom. The molecule has 2 aliphatic rings. The third-order valence-corrected chi connectivity index (χ3v) is 6.44. The van der Waals surface area contributed by atoms with Crippen LogP contribution in [0.4, 0.5) is 11.5 Å². The number of hydrogen-bond acceptors (Lipinski definition) is 4. The predicted octanol–water partition coefficient (Wildman–Crippen LogP) is 4.65. The lowest BCUT2D eigenvalue weighted by molar-refractivity contribution is -0.122. The van der Waals surface area contributed by atoms with Crippen LogP contribution in [0.5, 0.6) is 0 Å². The van der Waals surface area contributed by atoms with Gasteiger partial charge in [-0.3, -0.25) is 4.79 Å². The van der Waals surface area contributed by atoms with Crippen LogP contribution in [0.2, 0.25) is 0 Å². The standard InChI is InChI=1S/C26H28N4O/c1-19-11-12-24-21(15-19)9-6-14-30(24)26(31)22-10-5-13-29(17-22)25-16-23(27-18-28-25)20-7-3-2-4-8-20/h2-4,7-8,11-12,15-16,18,22H,5-6,9-10,13-14,17H2,1H3. The fraction of sp³-hybridized carbons (Fsp3) is 0.346. The van der Waals surface area contributed by atoms with Gasteiger partial charge >= 0.3 is 0 Å². The van der Waals surface area contributed by atoms with Crippen molar-refractivity contribution >= 4 is 17.4 Å². The summed E-state index contributed by atoms with van der Waals surface area (Å²) in [6.45, 7) is 4.56. The Balaban J connectivity index is 1.35. The molecular formula is C26H28N4O. The maximum Gasteiger partial charge on any atom is 0.231 e. The highest BCUT2D eigenvalue weighted by molar-refractivity contribution is 5.96. The maximum absolute atomic E-state index is 13.5. The zero-order valence-corrected chi connectivity index (χ0v) is 18.0. The number of hydrogen-bond donors (Lipinski definition) is 0. The van der Waals surface area contributed by atoms with Crippen LogP contribution in [0, 0.1) is 12.8 Å². The highest BCUT2D eigenvalue weighted by Crippen LogP contribution is 2.32. The van der Waals surface area contributed by atoms with E-state index in [1.807, 2.05) is 29.2 Å². The molecule has 5 nitrogen and oxygen atoms in total. The van der Waals surface area contributed by atoms with Gasteiger partial charge in [-0.2, -0.15) is 0 Å². The van der Waals surface area contributed by atoms with Gasteiger partial charge in [0.1, 0.15) is 12.1 Å². The topological polar surface area (TPSA) is 49.3 Å². The average molecular weight is 413 g/mol. The molecule has 0 aliphatic carbocycles. The Morgan fingerprint density at radius 2 is 1.87 bits per heavy atom. The highest BCUT2D eigenvalue weighted by atomic mass is 16.2. The van der Waals surface area contributed by atoms with Crippen molar-refractivity contribution in [2.45, 2.75) is 32.6 Å². The fourth-order valence-electron chi connectivity index (χ4n) is 4.85. The number of piperidine rings is 1. The second kappa shape index (κ2) is 8.50. The van der Waals surface area contributed by atoms with E-state index >= 15 is 0 Å². The van der Waals surface area contributed by atoms with Crippen molar-refractivity contribution in [3.63, 3.8) is 0 Å². The number of aromatic nitrogens is 2. The quantitative estimate of drug-likeness (QED) is 0.628. The lowest BCUT2D eigenvalue weighted by atomic mass is 9.93. The second-order valence-corrected chi connectivity index (χ2v) is 8.64. The minimum atomic E-state index is -0.00357. The summed E-state index contributed by atoms with van der Waals surface area (Å²) in [5.74, 6) is 1.16. The van der Waals surface area contributed by atoms with Gasteiger partial charge in [0, 0.05) is 37.0 Å². The number of nitrogens with zero attached hydrogens (tertiary/aromatic N) is 4. The largest absolute Gasteiger partial charge is 0.356 e. The molecule has 158 valence electrons. The van der Waals surface area contributed by atoms with Crippen LogP contribution in [0.25, 0.3) is 11.3 Å². The molecule has 1 fully saturated rings. The molecule has 1 aromatic heterocycles. The third-order valence-electron chi connectivity index (χ3n) is 6.44. The van der Waals surface area contributed by atoms with Crippen molar-refractivity contribution in [3.05, 3.63) is 72.1 Å². The number of benzene rings is 2. The van der Waals surface area contributed by atoms with Gasteiger partial charge in [0.2, 0.25) is 5.91 Å². The van der Waals surface area contributed by atoms with E-state index in [9.17, 15) is 4.79 Å². The molecule has 0 spiro atoms. The lowest BCUT2D eigenvalue weighted by Crippen LogP contribution is -2.46.